The van der Waals surface area contributed by atoms with E-state index in [9.17, 15) is 4.79 Å². The molecule has 4 heteroatoms. The number of carbonyl (C=O) groups is 1. The van der Waals surface area contributed by atoms with E-state index < -0.39 is 0 Å². The minimum Gasteiger partial charge on any atom is -0.316 e. The third kappa shape index (κ3) is 3.28. The zero-order chi connectivity index (χ0) is 12.3. The number of thiazole rings is 1. The molecule has 0 bridgehead atoms. The fraction of sp³-hybridized carbons (Fsp3) is 0.692. The van der Waals surface area contributed by atoms with E-state index in [-0.39, 0.29) is 11.8 Å². The normalized spacial score (nSPS) is 24.6. The van der Waals surface area contributed by atoms with Crippen LogP contribution < -0.4 is 5.32 Å². The lowest BCUT2D eigenvalue weighted by atomic mass is 9.80. The molecular weight excluding hydrogens is 232 g/mol. The molecule has 0 atom stereocenters. The third-order valence-corrected chi connectivity index (χ3v) is 4.49. The first kappa shape index (κ1) is 12.6. The Morgan fingerprint density at radius 3 is 2.71 bits per heavy atom. The summed E-state index contributed by atoms with van der Waals surface area (Å²) < 4.78 is 0. The van der Waals surface area contributed by atoms with Gasteiger partial charge in [0, 0.05) is 5.92 Å². The van der Waals surface area contributed by atoms with Gasteiger partial charge in [-0.3, -0.25) is 4.79 Å². The topological polar surface area (TPSA) is 42.0 Å². The van der Waals surface area contributed by atoms with E-state index in [4.69, 9.17) is 0 Å². The Morgan fingerprint density at radius 2 is 2.18 bits per heavy atom. The highest BCUT2D eigenvalue weighted by Gasteiger charge is 2.25. The van der Waals surface area contributed by atoms with Gasteiger partial charge in [-0.15, -0.1) is 11.3 Å². The average Bonchev–Trinajstić information content (AvgIpc) is 2.75. The Labute approximate surface area is 107 Å². The summed E-state index contributed by atoms with van der Waals surface area (Å²) >= 11 is 1.54. The van der Waals surface area contributed by atoms with Crippen molar-refractivity contribution in [2.75, 3.05) is 5.32 Å². The predicted molar refractivity (Wildman–Crippen MR) is 71.2 cm³/mol. The monoisotopic (exact) mass is 252 g/mol. The number of nitrogens with one attached hydrogen (secondary N) is 1. The molecule has 0 unspecified atom stereocenters. The van der Waals surface area contributed by atoms with Crippen molar-refractivity contribution in [3.05, 3.63) is 11.2 Å². The summed E-state index contributed by atoms with van der Waals surface area (Å²) in [6, 6.07) is 0. The van der Waals surface area contributed by atoms with E-state index in [1.807, 2.05) is 6.92 Å². The van der Waals surface area contributed by atoms with E-state index >= 15 is 0 Å². The lowest BCUT2D eigenvalue weighted by Crippen LogP contribution is -2.26. The summed E-state index contributed by atoms with van der Waals surface area (Å²) in [5.74, 6) is 1.23. The number of nitrogens with zero attached hydrogens (tertiary/aromatic N) is 1. The molecule has 1 aliphatic carbocycles. The zero-order valence-corrected chi connectivity index (χ0v) is 11.3. The lowest BCUT2D eigenvalue weighted by Gasteiger charge is -2.26. The summed E-state index contributed by atoms with van der Waals surface area (Å²) in [5.41, 5.74) is 0. The van der Waals surface area contributed by atoms with Crippen molar-refractivity contribution in [1.29, 1.82) is 0 Å². The molecule has 2 rings (SSSR count). The Bertz CT molecular complexity index is 381. The van der Waals surface area contributed by atoms with E-state index in [1.165, 1.54) is 19.3 Å². The molecule has 0 spiro atoms. The van der Waals surface area contributed by atoms with E-state index in [1.54, 1.807) is 17.5 Å². The van der Waals surface area contributed by atoms with E-state index in [0.717, 1.165) is 28.8 Å². The molecule has 94 valence electrons. The van der Waals surface area contributed by atoms with Crippen LogP contribution >= 0.6 is 11.3 Å². The van der Waals surface area contributed by atoms with Gasteiger partial charge in [0.05, 0.1) is 11.2 Å². The van der Waals surface area contributed by atoms with Gasteiger partial charge in [-0.05, 0) is 38.5 Å². The molecule has 1 aliphatic rings. The van der Waals surface area contributed by atoms with Crippen LogP contribution in [0.1, 0.15) is 44.0 Å². The van der Waals surface area contributed by atoms with Gasteiger partial charge < -0.3 is 5.32 Å². The Kier molecular flexibility index (Phi) is 4.15. The third-order valence-electron chi connectivity index (χ3n) is 3.66. The number of carbonyl (C=O) groups excluding carboxylic acids is 1. The van der Waals surface area contributed by atoms with Gasteiger partial charge in [0.25, 0.3) is 0 Å². The second-order valence-electron chi connectivity index (χ2n) is 4.86. The van der Waals surface area contributed by atoms with Gasteiger partial charge in [-0.1, -0.05) is 13.3 Å². The van der Waals surface area contributed by atoms with Gasteiger partial charge in [0.1, 0.15) is 5.00 Å². The van der Waals surface area contributed by atoms with Crippen LogP contribution in [0.15, 0.2) is 6.20 Å². The van der Waals surface area contributed by atoms with Crippen LogP contribution in [0.2, 0.25) is 0 Å². The quantitative estimate of drug-likeness (QED) is 0.893. The zero-order valence-electron chi connectivity index (χ0n) is 10.5. The second-order valence-corrected chi connectivity index (χ2v) is 6.09. The molecule has 1 aromatic heterocycles. The smallest absolute Gasteiger partial charge is 0.228 e. The molecular formula is C13H20N2OS. The maximum Gasteiger partial charge on any atom is 0.228 e. The lowest BCUT2D eigenvalue weighted by molar-refractivity contribution is -0.121. The van der Waals surface area contributed by atoms with Crippen LogP contribution in [0.4, 0.5) is 5.00 Å². The predicted octanol–water partition coefficient (Wildman–Crippen LogP) is 3.61. The first-order valence-electron chi connectivity index (χ1n) is 6.42. The van der Waals surface area contributed by atoms with Crippen LogP contribution in [0, 0.1) is 18.8 Å². The number of hydrogen-bond acceptors (Lipinski definition) is 3. The van der Waals surface area contributed by atoms with Gasteiger partial charge in [-0.2, -0.15) is 0 Å². The fourth-order valence-corrected chi connectivity index (χ4v) is 3.16. The molecule has 3 nitrogen and oxygen atoms in total. The van der Waals surface area contributed by atoms with E-state index in [0.29, 0.717) is 0 Å². The van der Waals surface area contributed by atoms with Crippen LogP contribution in [0.25, 0.3) is 0 Å². The Balaban J connectivity index is 1.85. The van der Waals surface area contributed by atoms with Gasteiger partial charge in [0.2, 0.25) is 5.91 Å². The van der Waals surface area contributed by atoms with Crippen molar-refractivity contribution in [1.82, 2.24) is 4.98 Å². The molecule has 1 fully saturated rings. The fourth-order valence-electron chi connectivity index (χ4n) is 2.48. The molecule has 0 saturated heterocycles. The molecule has 17 heavy (non-hydrogen) atoms. The van der Waals surface area contributed by atoms with Crippen LogP contribution in [-0.4, -0.2) is 10.9 Å². The van der Waals surface area contributed by atoms with Crippen molar-refractivity contribution in [3.63, 3.8) is 0 Å². The number of aryl methyl sites for hydroxylation is 1. The van der Waals surface area contributed by atoms with Gasteiger partial charge in [-0.25, -0.2) is 4.98 Å². The number of anilines is 1. The second kappa shape index (κ2) is 5.63. The van der Waals surface area contributed by atoms with Crippen molar-refractivity contribution in [2.24, 2.45) is 11.8 Å². The SMILES string of the molecule is CCC1CCC(C(=O)Nc2cnc(C)s2)CC1. The van der Waals surface area contributed by atoms with Crippen molar-refractivity contribution in [2.45, 2.75) is 46.0 Å². The largest absolute Gasteiger partial charge is 0.316 e. The van der Waals surface area contributed by atoms with Crippen molar-refractivity contribution >= 4 is 22.2 Å². The summed E-state index contributed by atoms with van der Waals surface area (Å²) in [4.78, 5) is 16.2. The average molecular weight is 252 g/mol. The molecule has 1 N–H and O–H groups in total. The molecule has 1 aromatic rings. The summed E-state index contributed by atoms with van der Waals surface area (Å²) in [6.45, 7) is 4.19. The molecule has 0 aromatic carbocycles. The molecule has 1 amide bonds. The molecule has 1 heterocycles. The first-order valence-corrected chi connectivity index (χ1v) is 7.24. The summed E-state index contributed by atoms with van der Waals surface area (Å²) in [7, 11) is 0. The highest BCUT2D eigenvalue weighted by atomic mass is 32.1. The van der Waals surface area contributed by atoms with Gasteiger partial charge >= 0.3 is 0 Å². The minimum atomic E-state index is 0.184. The Morgan fingerprint density at radius 1 is 1.47 bits per heavy atom. The molecule has 0 radical (unpaired) electrons. The maximum atomic E-state index is 12.0. The highest BCUT2D eigenvalue weighted by Crippen LogP contribution is 2.31. The van der Waals surface area contributed by atoms with Gasteiger partial charge in [0.15, 0.2) is 0 Å². The number of amides is 1. The summed E-state index contributed by atoms with van der Waals surface area (Å²) in [6.07, 6.45) is 7.49. The van der Waals surface area contributed by atoms with Crippen LogP contribution in [0.5, 0.6) is 0 Å². The molecule has 0 aliphatic heterocycles. The van der Waals surface area contributed by atoms with Crippen molar-refractivity contribution in [3.8, 4) is 0 Å². The Hall–Kier alpha value is -0.900. The van der Waals surface area contributed by atoms with Crippen molar-refractivity contribution < 1.29 is 4.79 Å². The number of rotatable bonds is 3. The van der Waals surface area contributed by atoms with Crippen LogP contribution in [-0.2, 0) is 4.79 Å². The highest BCUT2D eigenvalue weighted by molar-refractivity contribution is 7.15. The van der Waals surface area contributed by atoms with E-state index in [2.05, 4.69) is 17.2 Å². The minimum absolute atomic E-state index is 0.184. The van der Waals surface area contributed by atoms with Crippen LogP contribution in [0.3, 0.4) is 0 Å². The maximum absolute atomic E-state index is 12.0. The number of hydrogen-bond donors (Lipinski definition) is 1. The summed E-state index contributed by atoms with van der Waals surface area (Å²) in [5, 5.41) is 4.86. The molecule has 1 saturated carbocycles. The first-order chi connectivity index (χ1) is 8.19. The standard InChI is InChI=1S/C13H20N2OS/c1-3-10-4-6-11(7-5-10)13(16)15-12-8-14-9(2)17-12/h8,10-11H,3-7H2,1-2H3,(H,15,16). The number of aromatic nitrogens is 1.